The van der Waals surface area contributed by atoms with Crippen LogP contribution in [0.2, 0.25) is 5.02 Å². The molecule has 3 N–H and O–H groups in total. The highest BCUT2D eigenvalue weighted by Crippen LogP contribution is 2.31. The van der Waals surface area contributed by atoms with Crippen molar-refractivity contribution in [2.24, 2.45) is 11.8 Å². The fourth-order valence-electron chi connectivity index (χ4n) is 4.43. The molecule has 3 unspecified atom stereocenters. The molecule has 0 spiro atoms. The van der Waals surface area contributed by atoms with E-state index >= 15 is 0 Å². The minimum atomic E-state index is -0.112. The Morgan fingerprint density at radius 1 is 1.34 bits per heavy atom. The van der Waals surface area contributed by atoms with Crippen LogP contribution in [0.15, 0.2) is 29.6 Å². The SMILES string of the molecule is CCOc1ccc(Cl)cc1COCC1CCCC(C(=O)N/C(C=O)=C2\CC(NC)CN2)C1. The van der Waals surface area contributed by atoms with Gasteiger partial charge >= 0.3 is 0 Å². The van der Waals surface area contributed by atoms with Gasteiger partial charge in [0.15, 0.2) is 6.29 Å². The molecule has 0 radical (unpaired) electrons. The number of allylic oxidation sites excluding steroid dienone is 1. The van der Waals surface area contributed by atoms with E-state index < -0.39 is 0 Å². The normalized spacial score (nSPS) is 24.5. The number of carbonyl (C=O) groups is 2. The van der Waals surface area contributed by atoms with Crippen molar-refractivity contribution >= 4 is 23.8 Å². The Bertz CT molecular complexity index is 829. The van der Waals surface area contributed by atoms with Crippen LogP contribution in [0.4, 0.5) is 0 Å². The molecule has 1 aliphatic carbocycles. The second-order valence-corrected chi connectivity index (χ2v) is 8.94. The summed E-state index contributed by atoms with van der Waals surface area (Å²) in [4.78, 5) is 24.4. The number of nitrogens with one attached hydrogen (secondary N) is 3. The number of hydrogen-bond acceptors (Lipinski definition) is 6. The van der Waals surface area contributed by atoms with Crippen molar-refractivity contribution in [2.75, 3.05) is 26.8 Å². The lowest BCUT2D eigenvalue weighted by Gasteiger charge is -2.28. The van der Waals surface area contributed by atoms with Crippen LogP contribution in [0.25, 0.3) is 0 Å². The van der Waals surface area contributed by atoms with E-state index in [9.17, 15) is 9.59 Å². The third-order valence-corrected chi connectivity index (χ3v) is 6.44. The van der Waals surface area contributed by atoms with E-state index in [1.165, 1.54) is 0 Å². The molecule has 1 saturated heterocycles. The highest BCUT2D eigenvalue weighted by Gasteiger charge is 2.29. The van der Waals surface area contributed by atoms with Crippen molar-refractivity contribution in [1.29, 1.82) is 0 Å². The summed E-state index contributed by atoms with van der Waals surface area (Å²) in [5.74, 6) is 0.903. The molecule has 2 aliphatic rings. The lowest BCUT2D eigenvalue weighted by Crippen LogP contribution is -2.35. The van der Waals surface area contributed by atoms with E-state index in [4.69, 9.17) is 21.1 Å². The lowest BCUT2D eigenvalue weighted by atomic mass is 9.81. The van der Waals surface area contributed by atoms with Crippen LogP contribution in [0.3, 0.4) is 0 Å². The van der Waals surface area contributed by atoms with Crippen LogP contribution >= 0.6 is 11.6 Å². The van der Waals surface area contributed by atoms with Crippen LogP contribution < -0.4 is 20.7 Å². The largest absolute Gasteiger partial charge is 0.494 e. The number of hydrogen-bond donors (Lipinski definition) is 3. The average molecular weight is 464 g/mol. The Morgan fingerprint density at radius 3 is 2.91 bits per heavy atom. The zero-order valence-corrected chi connectivity index (χ0v) is 19.7. The predicted octanol–water partition coefficient (Wildman–Crippen LogP) is 3.17. The van der Waals surface area contributed by atoms with Crippen molar-refractivity contribution in [1.82, 2.24) is 16.0 Å². The molecule has 3 rings (SSSR count). The van der Waals surface area contributed by atoms with E-state index in [2.05, 4.69) is 16.0 Å². The summed E-state index contributed by atoms with van der Waals surface area (Å²) in [6.07, 6.45) is 5.04. The van der Waals surface area contributed by atoms with Gasteiger partial charge < -0.3 is 25.4 Å². The number of aldehydes is 1. The smallest absolute Gasteiger partial charge is 0.227 e. The van der Waals surface area contributed by atoms with Gasteiger partial charge in [-0.2, -0.15) is 0 Å². The molecule has 0 bridgehead atoms. The van der Waals surface area contributed by atoms with Crippen molar-refractivity contribution in [3.63, 3.8) is 0 Å². The summed E-state index contributed by atoms with van der Waals surface area (Å²) in [6.45, 7) is 4.27. The summed E-state index contributed by atoms with van der Waals surface area (Å²) in [6, 6.07) is 5.82. The molecule has 176 valence electrons. The lowest BCUT2D eigenvalue weighted by molar-refractivity contribution is -0.126. The summed E-state index contributed by atoms with van der Waals surface area (Å²) in [5.41, 5.74) is 2.08. The third-order valence-electron chi connectivity index (χ3n) is 6.21. The molecule has 32 heavy (non-hydrogen) atoms. The topological polar surface area (TPSA) is 88.7 Å². The molecule has 0 aromatic heterocycles. The number of halogens is 1. The minimum absolute atomic E-state index is 0.0764. The molecule has 1 amide bonds. The van der Waals surface area contributed by atoms with Crippen LogP contribution in [-0.4, -0.2) is 45.0 Å². The van der Waals surface area contributed by atoms with Gasteiger partial charge in [-0.1, -0.05) is 18.0 Å². The molecule has 3 atom stereocenters. The second-order valence-electron chi connectivity index (χ2n) is 8.50. The van der Waals surface area contributed by atoms with Gasteiger partial charge in [0.05, 0.1) is 13.2 Å². The average Bonchev–Trinajstić information content (AvgIpc) is 3.28. The van der Waals surface area contributed by atoms with Crippen molar-refractivity contribution in [2.45, 2.75) is 51.7 Å². The third kappa shape index (κ3) is 6.70. The summed E-state index contributed by atoms with van der Waals surface area (Å²) >= 11 is 6.12. The van der Waals surface area contributed by atoms with Gasteiger partial charge in [0.25, 0.3) is 0 Å². The van der Waals surface area contributed by atoms with E-state index in [-0.39, 0.29) is 17.9 Å². The number of rotatable bonds is 10. The van der Waals surface area contributed by atoms with Gasteiger partial charge in [-0.25, -0.2) is 0 Å². The summed E-state index contributed by atoms with van der Waals surface area (Å²) < 4.78 is 11.6. The Kier molecular flexibility index (Phi) is 9.38. The van der Waals surface area contributed by atoms with E-state index in [1.54, 1.807) is 0 Å². The standard InChI is InChI=1S/C24H34ClN3O4/c1-3-32-23-8-7-19(25)10-18(23)15-31-14-16-5-4-6-17(9-16)24(30)28-22(13-29)21-11-20(26-2)12-27-21/h7-8,10,13,16-17,20,26-27H,3-6,9,11-12,14-15H2,1-2H3,(H,28,30)/b22-21+. The van der Waals surface area contributed by atoms with Gasteiger partial charge in [0, 0.05) is 47.8 Å². The first-order valence-electron chi connectivity index (χ1n) is 11.4. The molecule has 8 heteroatoms. The summed E-state index contributed by atoms with van der Waals surface area (Å²) in [7, 11) is 1.89. The maximum Gasteiger partial charge on any atom is 0.227 e. The molecular formula is C24H34ClN3O4. The van der Waals surface area contributed by atoms with Gasteiger partial charge in [0.1, 0.15) is 11.4 Å². The van der Waals surface area contributed by atoms with E-state index in [0.29, 0.717) is 42.9 Å². The monoisotopic (exact) mass is 463 g/mol. The van der Waals surface area contributed by atoms with E-state index in [1.807, 2.05) is 32.2 Å². The molecule has 1 aromatic carbocycles. The molecule has 1 aliphatic heterocycles. The Hall–Kier alpha value is -2.09. The van der Waals surface area contributed by atoms with Crippen LogP contribution in [0, 0.1) is 11.8 Å². The summed E-state index contributed by atoms with van der Waals surface area (Å²) in [5, 5.41) is 9.92. The highest BCUT2D eigenvalue weighted by atomic mass is 35.5. The predicted molar refractivity (Wildman–Crippen MR) is 124 cm³/mol. The zero-order chi connectivity index (χ0) is 22.9. The maximum absolute atomic E-state index is 12.9. The first kappa shape index (κ1) is 24.6. The first-order valence-corrected chi connectivity index (χ1v) is 11.8. The number of ether oxygens (including phenoxy) is 2. The molecule has 1 aromatic rings. The van der Waals surface area contributed by atoms with E-state index in [0.717, 1.165) is 55.5 Å². The fraction of sp³-hybridized carbons (Fsp3) is 0.583. The van der Waals surface area contributed by atoms with Gasteiger partial charge in [0.2, 0.25) is 5.91 Å². The van der Waals surface area contributed by atoms with Crippen LogP contribution in [-0.2, 0) is 20.9 Å². The zero-order valence-electron chi connectivity index (χ0n) is 18.9. The molecule has 7 nitrogen and oxygen atoms in total. The Balaban J connectivity index is 1.51. The van der Waals surface area contributed by atoms with Crippen molar-refractivity contribution in [3.05, 3.63) is 40.2 Å². The molecule has 1 saturated carbocycles. The Labute approximate surface area is 195 Å². The molecule has 2 fully saturated rings. The second kappa shape index (κ2) is 12.2. The van der Waals surface area contributed by atoms with Gasteiger partial charge in [-0.05, 0) is 57.4 Å². The Morgan fingerprint density at radius 2 is 2.19 bits per heavy atom. The van der Waals surface area contributed by atoms with Crippen LogP contribution in [0.5, 0.6) is 5.75 Å². The molecule has 1 heterocycles. The number of carbonyl (C=O) groups excluding carboxylic acids is 2. The van der Waals surface area contributed by atoms with Crippen LogP contribution in [0.1, 0.15) is 44.6 Å². The fourth-order valence-corrected chi connectivity index (χ4v) is 4.63. The van der Waals surface area contributed by atoms with Gasteiger partial charge in [-0.3, -0.25) is 9.59 Å². The maximum atomic E-state index is 12.9. The number of amides is 1. The highest BCUT2D eigenvalue weighted by molar-refractivity contribution is 6.30. The quantitative estimate of drug-likeness (QED) is 0.365. The first-order chi connectivity index (χ1) is 15.5. The van der Waals surface area contributed by atoms with Crippen molar-refractivity contribution < 1.29 is 19.1 Å². The molecular weight excluding hydrogens is 430 g/mol. The minimum Gasteiger partial charge on any atom is -0.494 e. The van der Waals surface area contributed by atoms with Gasteiger partial charge in [-0.15, -0.1) is 0 Å². The van der Waals surface area contributed by atoms with Crippen molar-refractivity contribution in [3.8, 4) is 5.75 Å². The number of benzene rings is 1. The number of likely N-dealkylation sites (N-methyl/N-ethyl adjacent to an activating group) is 1.